The summed E-state index contributed by atoms with van der Waals surface area (Å²) < 4.78 is 27.7. The van der Waals surface area contributed by atoms with Gasteiger partial charge in [0.2, 0.25) is 0 Å². The van der Waals surface area contributed by atoms with E-state index >= 15 is 4.79 Å². The molecule has 0 saturated carbocycles. The van der Waals surface area contributed by atoms with E-state index in [0.717, 1.165) is 100 Å². The van der Waals surface area contributed by atoms with Crippen molar-refractivity contribution < 1.29 is 42.9 Å². The van der Waals surface area contributed by atoms with Crippen LogP contribution < -0.4 is 20.1 Å². The van der Waals surface area contributed by atoms with Crippen LogP contribution in [-0.4, -0.2) is 49.9 Å². The highest BCUT2D eigenvalue weighted by Crippen LogP contribution is 2.45. The van der Waals surface area contributed by atoms with E-state index in [1.165, 1.54) is 6.92 Å². The number of unbranched alkanes of at least 4 members (excludes halogenated alkanes) is 4. The maximum Gasteiger partial charge on any atom is 0.331 e. The van der Waals surface area contributed by atoms with Crippen molar-refractivity contribution in [1.29, 1.82) is 0 Å². The average Bonchev–Trinajstić information content (AvgIpc) is 3.10. The highest BCUT2D eigenvalue weighted by molar-refractivity contribution is 7.88. The van der Waals surface area contributed by atoms with Crippen molar-refractivity contribution in [1.82, 2.24) is 0 Å². The van der Waals surface area contributed by atoms with Gasteiger partial charge in [0.1, 0.15) is 31.3 Å². The standard InChI is InChI=1S/C43H55O9P/c1-9-11-13-19-49-36-15-16-38(37(27-36)50-20-14-12-10-2)53(43(47)41-30(4)23-29(3)24-31(41)5)42-32(6)25-35(26-33(42)7)28-52-40(46)18-17-39(45)51-22-21-48-34(8)44/h15-18,23-27H,9-14,19-22,28H2,1-8H3/b18-17-. The summed E-state index contributed by atoms with van der Waals surface area (Å²) in [7, 11) is -1.62. The molecule has 0 fully saturated rings. The molecule has 0 aromatic heterocycles. The zero-order valence-corrected chi connectivity index (χ0v) is 33.5. The molecule has 0 bridgehead atoms. The Morgan fingerprint density at radius 3 is 1.79 bits per heavy atom. The minimum Gasteiger partial charge on any atom is -0.493 e. The molecular formula is C43H55O9P. The monoisotopic (exact) mass is 746 g/mol. The Kier molecular flexibility index (Phi) is 17.7. The minimum absolute atomic E-state index is 0.0372. The molecule has 3 aromatic rings. The van der Waals surface area contributed by atoms with Crippen molar-refractivity contribution in [3.8, 4) is 11.5 Å². The van der Waals surface area contributed by atoms with Crippen LogP contribution in [-0.2, 0) is 35.2 Å². The summed E-state index contributed by atoms with van der Waals surface area (Å²) in [6, 6.07) is 13.9. The Bertz CT molecular complexity index is 1710. The number of aryl methyl sites for hydroxylation is 5. The molecule has 0 N–H and O–H groups in total. The number of carbonyl (C=O) groups is 4. The fraction of sp³-hybridized carbons (Fsp3) is 0.442. The van der Waals surface area contributed by atoms with Gasteiger partial charge in [-0.2, -0.15) is 0 Å². The lowest BCUT2D eigenvalue weighted by molar-refractivity contribution is -0.148. The third-order valence-corrected chi connectivity index (χ3v) is 11.1. The molecule has 3 rings (SSSR count). The minimum atomic E-state index is -1.62. The molecule has 3 aromatic carbocycles. The topological polar surface area (TPSA) is 114 Å². The van der Waals surface area contributed by atoms with Crippen LogP contribution in [0.4, 0.5) is 0 Å². The molecule has 0 radical (unpaired) electrons. The van der Waals surface area contributed by atoms with Crippen LogP contribution in [0.3, 0.4) is 0 Å². The second kappa shape index (κ2) is 21.9. The number of ether oxygens (including phenoxy) is 5. The molecule has 286 valence electrons. The third-order valence-electron chi connectivity index (χ3n) is 8.43. The Labute approximate surface area is 316 Å². The highest BCUT2D eigenvalue weighted by Gasteiger charge is 2.32. The van der Waals surface area contributed by atoms with Crippen molar-refractivity contribution >= 4 is 42.0 Å². The molecule has 0 heterocycles. The zero-order valence-electron chi connectivity index (χ0n) is 32.6. The van der Waals surface area contributed by atoms with Crippen molar-refractivity contribution in [3.05, 3.63) is 93.6 Å². The Morgan fingerprint density at radius 2 is 1.21 bits per heavy atom. The molecule has 1 unspecified atom stereocenters. The van der Waals surface area contributed by atoms with Gasteiger partial charge in [-0.25, -0.2) is 9.59 Å². The molecule has 0 spiro atoms. The number of benzene rings is 3. The van der Waals surface area contributed by atoms with Gasteiger partial charge in [-0.3, -0.25) is 9.59 Å². The number of carbonyl (C=O) groups excluding carboxylic acids is 4. The van der Waals surface area contributed by atoms with E-state index in [4.69, 9.17) is 23.7 Å². The van der Waals surface area contributed by atoms with E-state index in [2.05, 4.69) is 26.0 Å². The van der Waals surface area contributed by atoms with Crippen molar-refractivity contribution in [3.63, 3.8) is 0 Å². The Balaban J connectivity index is 1.99. The number of rotatable bonds is 21. The first-order valence-electron chi connectivity index (χ1n) is 18.4. The van der Waals surface area contributed by atoms with Crippen molar-refractivity contribution in [2.45, 2.75) is 101 Å². The van der Waals surface area contributed by atoms with Crippen LogP contribution in [0.2, 0.25) is 0 Å². The van der Waals surface area contributed by atoms with E-state index in [1.807, 2.05) is 65.0 Å². The van der Waals surface area contributed by atoms with Crippen LogP contribution >= 0.6 is 7.92 Å². The summed E-state index contributed by atoms with van der Waals surface area (Å²) >= 11 is 0. The van der Waals surface area contributed by atoms with Gasteiger partial charge in [0.05, 0.1) is 13.2 Å². The molecule has 0 aliphatic carbocycles. The van der Waals surface area contributed by atoms with Gasteiger partial charge < -0.3 is 23.7 Å². The lowest BCUT2D eigenvalue weighted by atomic mass is 10.0. The summed E-state index contributed by atoms with van der Waals surface area (Å²) in [6.45, 7) is 16.4. The van der Waals surface area contributed by atoms with E-state index in [1.54, 1.807) is 0 Å². The molecule has 0 amide bonds. The summed E-state index contributed by atoms with van der Waals surface area (Å²) in [5.41, 5.74) is 6.24. The van der Waals surface area contributed by atoms with Gasteiger partial charge in [0.25, 0.3) is 0 Å². The number of esters is 3. The molecule has 10 heteroatoms. The average molecular weight is 747 g/mol. The highest BCUT2D eigenvalue weighted by atomic mass is 31.1. The second-order valence-corrected chi connectivity index (χ2v) is 15.2. The predicted octanol–water partition coefficient (Wildman–Crippen LogP) is 8.35. The van der Waals surface area contributed by atoms with E-state index in [9.17, 15) is 14.4 Å². The van der Waals surface area contributed by atoms with Gasteiger partial charge in [0, 0.05) is 43.9 Å². The van der Waals surface area contributed by atoms with Gasteiger partial charge in [0.15, 0.2) is 5.52 Å². The van der Waals surface area contributed by atoms with Crippen LogP contribution in [0.25, 0.3) is 0 Å². The van der Waals surface area contributed by atoms with E-state index < -0.39 is 25.8 Å². The van der Waals surface area contributed by atoms with Gasteiger partial charge >= 0.3 is 17.9 Å². The lowest BCUT2D eigenvalue weighted by Crippen LogP contribution is -2.25. The molecule has 0 aliphatic heterocycles. The normalized spacial score (nSPS) is 11.6. The van der Waals surface area contributed by atoms with Crippen LogP contribution in [0.1, 0.15) is 103 Å². The summed E-state index contributed by atoms with van der Waals surface area (Å²) in [6.07, 6.45) is 8.12. The summed E-state index contributed by atoms with van der Waals surface area (Å²) in [5, 5.41) is 1.75. The molecule has 9 nitrogen and oxygen atoms in total. The summed E-state index contributed by atoms with van der Waals surface area (Å²) in [4.78, 5) is 50.2. The Hall–Kier alpha value is -4.49. The van der Waals surface area contributed by atoms with Crippen LogP contribution in [0.5, 0.6) is 11.5 Å². The quantitative estimate of drug-likeness (QED) is 0.0349. The maximum absolute atomic E-state index is 15.0. The van der Waals surface area contributed by atoms with E-state index in [0.29, 0.717) is 24.5 Å². The smallest absolute Gasteiger partial charge is 0.331 e. The summed E-state index contributed by atoms with van der Waals surface area (Å²) in [5.74, 6) is -0.579. The molecule has 0 saturated heterocycles. The van der Waals surface area contributed by atoms with Crippen molar-refractivity contribution in [2.24, 2.45) is 0 Å². The predicted molar refractivity (Wildman–Crippen MR) is 210 cm³/mol. The van der Waals surface area contributed by atoms with E-state index in [-0.39, 0.29) is 25.3 Å². The zero-order chi connectivity index (χ0) is 38.9. The van der Waals surface area contributed by atoms with Gasteiger partial charge in [-0.15, -0.1) is 0 Å². The molecular weight excluding hydrogens is 691 g/mol. The second-order valence-electron chi connectivity index (χ2n) is 13.2. The number of hydrogen-bond acceptors (Lipinski definition) is 9. The molecule has 53 heavy (non-hydrogen) atoms. The van der Waals surface area contributed by atoms with Gasteiger partial charge in [-0.05, 0) is 92.7 Å². The maximum atomic E-state index is 15.0. The Morgan fingerprint density at radius 1 is 0.642 bits per heavy atom. The lowest BCUT2D eigenvalue weighted by Gasteiger charge is -2.26. The fourth-order valence-corrected chi connectivity index (χ4v) is 8.76. The van der Waals surface area contributed by atoms with Crippen LogP contribution in [0, 0.1) is 34.6 Å². The molecule has 1 atom stereocenters. The first kappa shape index (κ1) is 42.9. The first-order chi connectivity index (χ1) is 25.4. The van der Waals surface area contributed by atoms with Gasteiger partial charge in [-0.1, -0.05) is 69.4 Å². The fourth-order valence-electron chi connectivity index (χ4n) is 6.12. The van der Waals surface area contributed by atoms with Crippen molar-refractivity contribution in [2.75, 3.05) is 26.4 Å². The van der Waals surface area contributed by atoms with Crippen LogP contribution in [0.15, 0.2) is 54.6 Å². The molecule has 0 aliphatic rings. The largest absolute Gasteiger partial charge is 0.493 e. The third kappa shape index (κ3) is 13.5. The SMILES string of the molecule is CCCCCOc1ccc(P(C(=O)c2c(C)cc(C)cc2C)c2c(C)cc(COC(=O)/C=C\C(=O)OCCOC(C)=O)cc2C)c(OCCCCC)c1. The first-order valence-corrected chi connectivity index (χ1v) is 19.8. The number of hydrogen-bond donors (Lipinski definition) is 0.